The van der Waals surface area contributed by atoms with E-state index in [1.54, 1.807) is 19.5 Å². The molecule has 0 aliphatic rings. The van der Waals surface area contributed by atoms with Crippen molar-refractivity contribution in [2.45, 2.75) is 12.5 Å². The Bertz CT molecular complexity index is 503. The van der Waals surface area contributed by atoms with Crippen LogP contribution in [0.1, 0.15) is 11.3 Å². The molecule has 0 aliphatic heterocycles. The molecule has 94 valence electrons. The molecular weight excluding hydrogens is 252 g/mol. The van der Waals surface area contributed by atoms with E-state index in [4.69, 9.17) is 21.1 Å². The molecule has 0 saturated heterocycles. The fourth-order valence-electron chi connectivity index (χ4n) is 1.41. The van der Waals surface area contributed by atoms with Crippen molar-refractivity contribution < 1.29 is 9.47 Å². The monoisotopic (exact) mass is 264 g/mol. The van der Waals surface area contributed by atoms with Crippen LogP contribution >= 0.6 is 11.6 Å². The van der Waals surface area contributed by atoms with Crippen LogP contribution < -0.4 is 9.47 Å². The molecule has 0 radical (unpaired) electrons. The number of hydrogen-bond acceptors (Lipinski definition) is 4. The summed E-state index contributed by atoms with van der Waals surface area (Å²) in [4.78, 5) is 8.21. The molecule has 0 fully saturated rings. The summed E-state index contributed by atoms with van der Waals surface area (Å²) in [6.45, 7) is 0.423. The van der Waals surface area contributed by atoms with E-state index in [2.05, 4.69) is 9.97 Å². The van der Waals surface area contributed by atoms with Crippen molar-refractivity contribution in [3.63, 3.8) is 0 Å². The van der Waals surface area contributed by atoms with Gasteiger partial charge in [0.15, 0.2) is 0 Å². The summed E-state index contributed by atoms with van der Waals surface area (Å²) in [6, 6.07) is 7.68. The van der Waals surface area contributed by atoms with Gasteiger partial charge in [-0.1, -0.05) is 12.1 Å². The lowest BCUT2D eigenvalue weighted by molar-refractivity contribution is 0.291. The van der Waals surface area contributed by atoms with Crippen LogP contribution in [0.5, 0.6) is 11.6 Å². The van der Waals surface area contributed by atoms with E-state index >= 15 is 0 Å². The van der Waals surface area contributed by atoms with E-state index in [-0.39, 0.29) is 0 Å². The van der Waals surface area contributed by atoms with Crippen LogP contribution in [0.4, 0.5) is 0 Å². The molecule has 0 aliphatic carbocycles. The first-order valence-corrected chi connectivity index (χ1v) is 5.98. The fraction of sp³-hybridized carbons (Fsp3) is 0.231. The van der Waals surface area contributed by atoms with Crippen LogP contribution in [0.2, 0.25) is 0 Å². The number of halogens is 1. The van der Waals surface area contributed by atoms with Crippen molar-refractivity contribution in [2.75, 3.05) is 7.11 Å². The van der Waals surface area contributed by atoms with E-state index in [1.807, 2.05) is 24.3 Å². The van der Waals surface area contributed by atoms with E-state index in [0.717, 1.165) is 17.0 Å². The maximum Gasteiger partial charge on any atom is 0.232 e. The number of alkyl halides is 1. The third-order valence-corrected chi connectivity index (χ3v) is 2.61. The smallest absolute Gasteiger partial charge is 0.232 e. The maximum atomic E-state index is 5.63. The molecule has 0 spiro atoms. The van der Waals surface area contributed by atoms with Gasteiger partial charge in [0.25, 0.3) is 0 Å². The lowest BCUT2D eigenvalue weighted by atomic mass is 10.2. The SMILES string of the molecule is COc1cccc(COc2cnc(CCl)cn2)c1. The zero-order valence-electron chi connectivity index (χ0n) is 9.97. The van der Waals surface area contributed by atoms with Crippen LogP contribution in [0.25, 0.3) is 0 Å². The highest BCUT2D eigenvalue weighted by atomic mass is 35.5. The molecular formula is C13H13ClN2O2. The van der Waals surface area contributed by atoms with Gasteiger partial charge in [0.1, 0.15) is 12.4 Å². The number of methoxy groups -OCH3 is 1. The molecule has 2 rings (SSSR count). The van der Waals surface area contributed by atoms with Crippen molar-refractivity contribution in [3.8, 4) is 11.6 Å². The molecule has 0 unspecified atom stereocenters. The van der Waals surface area contributed by atoms with Crippen molar-refractivity contribution in [1.29, 1.82) is 0 Å². The molecule has 0 amide bonds. The number of benzene rings is 1. The molecule has 0 atom stereocenters. The summed E-state index contributed by atoms with van der Waals surface area (Å²) >= 11 is 5.63. The molecule has 2 aromatic rings. The fourth-order valence-corrected chi connectivity index (χ4v) is 1.54. The van der Waals surface area contributed by atoms with Gasteiger partial charge in [0.05, 0.1) is 31.1 Å². The van der Waals surface area contributed by atoms with Gasteiger partial charge in [-0.3, -0.25) is 4.98 Å². The highest BCUT2D eigenvalue weighted by molar-refractivity contribution is 6.16. The van der Waals surface area contributed by atoms with Crippen LogP contribution in [0, 0.1) is 0 Å². The van der Waals surface area contributed by atoms with E-state index in [0.29, 0.717) is 18.4 Å². The Morgan fingerprint density at radius 1 is 1.22 bits per heavy atom. The third kappa shape index (κ3) is 3.34. The first-order valence-electron chi connectivity index (χ1n) is 5.44. The molecule has 5 heteroatoms. The van der Waals surface area contributed by atoms with Crippen molar-refractivity contribution >= 4 is 11.6 Å². The Balaban J connectivity index is 1.97. The molecule has 4 nitrogen and oxygen atoms in total. The lowest BCUT2D eigenvalue weighted by Gasteiger charge is -2.06. The first kappa shape index (κ1) is 12.6. The Morgan fingerprint density at radius 3 is 2.78 bits per heavy atom. The van der Waals surface area contributed by atoms with Gasteiger partial charge < -0.3 is 9.47 Å². The van der Waals surface area contributed by atoms with E-state index in [1.165, 1.54) is 0 Å². The normalized spacial score (nSPS) is 10.1. The second-order valence-electron chi connectivity index (χ2n) is 3.62. The van der Waals surface area contributed by atoms with Crippen molar-refractivity contribution in [3.05, 3.63) is 47.9 Å². The van der Waals surface area contributed by atoms with Crippen LogP contribution in [-0.4, -0.2) is 17.1 Å². The molecule has 1 heterocycles. The molecule has 0 N–H and O–H groups in total. The highest BCUT2D eigenvalue weighted by Crippen LogP contribution is 2.14. The summed E-state index contributed by atoms with van der Waals surface area (Å²) in [6.07, 6.45) is 3.17. The number of nitrogens with zero attached hydrogens (tertiary/aromatic N) is 2. The molecule has 18 heavy (non-hydrogen) atoms. The van der Waals surface area contributed by atoms with Gasteiger partial charge in [-0.2, -0.15) is 0 Å². The number of hydrogen-bond donors (Lipinski definition) is 0. The molecule has 1 aromatic carbocycles. The van der Waals surface area contributed by atoms with Crippen molar-refractivity contribution in [2.24, 2.45) is 0 Å². The number of rotatable bonds is 5. The average Bonchev–Trinajstić information content (AvgIpc) is 2.46. The topological polar surface area (TPSA) is 44.2 Å². The lowest BCUT2D eigenvalue weighted by Crippen LogP contribution is -1.99. The standard InChI is InChI=1S/C13H13ClN2O2/c1-17-12-4-2-3-10(5-12)9-18-13-8-15-11(6-14)7-16-13/h2-5,7-8H,6,9H2,1H3. The van der Waals surface area contributed by atoms with Gasteiger partial charge in [0.2, 0.25) is 5.88 Å². The van der Waals surface area contributed by atoms with Gasteiger partial charge in [0, 0.05) is 0 Å². The van der Waals surface area contributed by atoms with Crippen molar-refractivity contribution in [1.82, 2.24) is 9.97 Å². The van der Waals surface area contributed by atoms with Gasteiger partial charge in [-0.15, -0.1) is 11.6 Å². The number of ether oxygens (including phenoxy) is 2. The largest absolute Gasteiger partial charge is 0.497 e. The summed E-state index contributed by atoms with van der Waals surface area (Å²) < 4.78 is 10.7. The Kier molecular flexibility index (Phi) is 4.36. The summed E-state index contributed by atoms with van der Waals surface area (Å²) in [5.41, 5.74) is 1.74. The highest BCUT2D eigenvalue weighted by Gasteiger charge is 2.00. The first-order chi connectivity index (χ1) is 8.81. The van der Waals surface area contributed by atoms with Gasteiger partial charge in [-0.25, -0.2) is 4.98 Å². The van der Waals surface area contributed by atoms with Gasteiger partial charge >= 0.3 is 0 Å². The second-order valence-corrected chi connectivity index (χ2v) is 3.89. The quantitative estimate of drug-likeness (QED) is 0.779. The Labute approximate surface area is 111 Å². The predicted octanol–water partition coefficient (Wildman–Crippen LogP) is 2.80. The number of aromatic nitrogens is 2. The van der Waals surface area contributed by atoms with E-state index < -0.39 is 0 Å². The third-order valence-electron chi connectivity index (χ3n) is 2.34. The molecule has 0 bridgehead atoms. The van der Waals surface area contributed by atoms with E-state index in [9.17, 15) is 0 Å². The summed E-state index contributed by atoms with van der Waals surface area (Å²) in [5.74, 6) is 1.63. The molecule has 1 aromatic heterocycles. The zero-order chi connectivity index (χ0) is 12.8. The second kappa shape index (κ2) is 6.21. The summed E-state index contributed by atoms with van der Waals surface area (Å²) in [7, 11) is 1.64. The zero-order valence-corrected chi connectivity index (χ0v) is 10.7. The predicted molar refractivity (Wildman–Crippen MR) is 68.9 cm³/mol. The minimum atomic E-state index is 0.350. The maximum absolute atomic E-state index is 5.63. The summed E-state index contributed by atoms with van der Waals surface area (Å²) in [5, 5.41) is 0. The Hall–Kier alpha value is -1.81. The minimum Gasteiger partial charge on any atom is -0.497 e. The van der Waals surface area contributed by atoms with Crippen LogP contribution in [-0.2, 0) is 12.5 Å². The van der Waals surface area contributed by atoms with Crippen LogP contribution in [0.3, 0.4) is 0 Å². The Morgan fingerprint density at radius 2 is 2.11 bits per heavy atom. The van der Waals surface area contributed by atoms with Crippen LogP contribution in [0.15, 0.2) is 36.7 Å². The average molecular weight is 265 g/mol. The molecule has 0 saturated carbocycles. The van der Waals surface area contributed by atoms with Gasteiger partial charge in [-0.05, 0) is 17.7 Å². The minimum absolute atomic E-state index is 0.350.